The van der Waals surface area contributed by atoms with Crippen LogP contribution in [0.5, 0.6) is 11.5 Å². The largest absolute Gasteiger partial charge is 0.493 e. The molecule has 2 aromatic heterocycles. The lowest BCUT2D eigenvalue weighted by atomic mass is 10.2. The SMILES string of the molecule is COc1ccc(NC(=O)CNc2cnc3ccc(Cl)nn23)cc1OC. The van der Waals surface area contributed by atoms with Gasteiger partial charge in [-0.1, -0.05) is 11.6 Å². The number of nitrogens with one attached hydrogen (secondary N) is 2. The number of imidazole rings is 1. The molecule has 0 fully saturated rings. The number of amides is 1. The van der Waals surface area contributed by atoms with Crippen molar-refractivity contribution in [3.05, 3.63) is 41.7 Å². The number of carbonyl (C=O) groups is 1. The van der Waals surface area contributed by atoms with E-state index in [1.54, 1.807) is 43.6 Å². The van der Waals surface area contributed by atoms with Gasteiger partial charge in [0.1, 0.15) is 11.0 Å². The molecule has 1 aromatic carbocycles. The highest BCUT2D eigenvalue weighted by atomic mass is 35.5. The van der Waals surface area contributed by atoms with Gasteiger partial charge in [-0.2, -0.15) is 9.61 Å². The summed E-state index contributed by atoms with van der Waals surface area (Å²) in [6.45, 7) is 0.0380. The molecule has 0 saturated heterocycles. The van der Waals surface area contributed by atoms with Crippen LogP contribution in [0.1, 0.15) is 0 Å². The number of anilines is 2. The molecule has 0 radical (unpaired) electrons. The lowest BCUT2D eigenvalue weighted by molar-refractivity contribution is -0.114. The first-order valence-corrected chi connectivity index (χ1v) is 7.74. The molecule has 2 N–H and O–H groups in total. The summed E-state index contributed by atoms with van der Waals surface area (Å²) in [6.07, 6.45) is 1.59. The number of benzene rings is 1. The van der Waals surface area contributed by atoms with E-state index in [0.717, 1.165) is 0 Å². The third-order valence-corrected chi connectivity index (χ3v) is 3.63. The number of ether oxygens (including phenoxy) is 2. The van der Waals surface area contributed by atoms with Crippen molar-refractivity contribution in [1.82, 2.24) is 14.6 Å². The van der Waals surface area contributed by atoms with Gasteiger partial charge in [0.05, 0.1) is 27.0 Å². The van der Waals surface area contributed by atoms with Crippen molar-refractivity contribution in [1.29, 1.82) is 0 Å². The van der Waals surface area contributed by atoms with Crippen LogP contribution in [0.2, 0.25) is 5.15 Å². The summed E-state index contributed by atoms with van der Waals surface area (Å²) in [5.41, 5.74) is 1.23. The monoisotopic (exact) mass is 361 g/mol. The van der Waals surface area contributed by atoms with Crippen LogP contribution < -0.4 is 20.1 Å². The van der Waals surface area contributed by atoms with Gasteiger partial charge in [0.2, 0.25) is 5.91 Å². The number of carbonyl (C=O) groups excluding carboxylic acids is 1. The third kappa shape index (κ3) is 3.74. The number of nitrogens with zero attached hydrogens (tertiary/aromatic N) is 3. The predicted octanol–water partition coefficient (Wildman–Crippen LogP) is 2.45. The summed E-state index contributed by atoms with van der Waals surface area (Å²) in [5, 5.41) is 10.2. The molecule has 1 amide bonds. The molecule has 130 valence electrons. The maximum absolute atomic E-state index is 12.1. The smallest absolute Gasteiger partial charge is 0.243 e. The number of fused-ring (bicyclic) bond motifs is 1. The van der Waals surface area contributed by atoms with E-state index in [2.05, 4.69) is 20.7 Å². The summed E-state index contributed by atoms with van der Waals surface area (Å²) < 4.78 is 11.9. The Morgan fingerprint density at radius 2 is 2.00 bits per heavy atom. The van der Waals surface area contributed by atoms with Crippen LogP contribution in [-0.2, 0) is 4.79 Å². The number of hydrogen-bond acceptors (Lipinski definition) is 6. The van der Waals surface area contributed by atoms with Gasteiger partial charge in [-0.25, -0.2) is 4.98 Å². The number of halogens is 1. The van der Waals surface area contributed by atoms with Gasteiger partial charge in [0.25, 0.3) is 0 Å². The Morgan fingerprint density at radius 3 is 2.76 bits per heavy atom. The Kier molecular flexibility index (Phi) is 4.90. The van der Waals surface area contributed by atoms with Gasteiger partial charge < -0.3 is 20.1 Å². The average molecular weight is 362 g/mol. The van der Waals surface area contributed by atoms with Crippen molar-refractivity contribution >= 4 is 34.7 Å². The minimum atomic E-state index is -0.232. The highest BCUT2D eigenvalue weighted by Gasteiger charge is 2.09. The molecule has 0 unspecified atom stereocenters. The zero-order valence-electron chi connectivity index (χ0n) is 13.6. The molecule has 0 bridgehead atoms. The lowest BCUT2D eigenvalue weighted by Gasteiger charge is -2.11. The Bertz CT molecular complexity index is 912. The van der Waals surface area contributed by atoms with E-state index < -0.39 is 0 Å². The Morgan fingerprint density at radius 1 is 1.20 bits per heavy atom. The molecule has 0 aliphatic rings. The fourth-order valence-electron chi connectivity index (χ4n) is 2.26. The first-order valence-electron chi connectivity index (χ1n) is 7.36. The maximum atomic E-state index is 12.1. The van der Waals surface area contributed by atoms with Crippen LogP contribution in [0.15, 0.2) is 36.5 Å². The van der Waals surface area contributed by atoms with E-state index in [-0.39, 0.29) is 12.5 Å². The van der Waals surface area contributed by atoms with Crippen molar-refractivity contribution in [2.24, 2.45) is 0 Å². The molecule has 9 heteroatoms. The molecule has 0 spiro atoms. The van der Waals surface area contributed by atoms with E-state index in [0.29, 0.717) is 33.8 Å². The Balaban J connectivity index is 1.65. The van der Waals surface area contributed by atoms with Crippen molar-refractivity contribution < 1.29 is 14.3 Å². The normalized spacial score (nSPS) is 10.5. The topological polar surface area (TPSA) is 89.8 Å². The van der Waals surface area contributed by atoms with Crippen LogP contribution in [0.3, 0.4) is 0 Å². The van der Waals surface area contributed by atoms with E-state index in [1.165, 1.54) is 11.6 Å². The standard InChI is InChI=1S/C16H16ClN5O3/c1-24-11-4-3-10(7-12(11)25-2)20-16(23)9-19-15-8-18-14-6-5-13(17)21-22(14)15/h3-8,19H,9H2,1-2H3,(H,20,23). The van der Waals surface area contributed by atoms with E-state index >= 15 is 0 Å². The average Bonchev–Trinajstić information content (AvgIpc) is 3.02. The van der Waals surface area contributed by atoms with Crippen LogP contribution in [0.25, 0.3) is 5.65 Å². The van der Waals surface area contributed by atoms with Crippen molar-refractivity contribution in [3.63, 3.8) is 0 Å². The predicted molar refractivity (Wildman–Crippen MR) is 94.7 cm³/mol. The first kappa shape index (κ1) is 16.8. The van der Waals surface area contributed by atoms with Crippen LogP contribution in [0.4, 0.5) is 11.5 Å². The second-order valence-electron chi connectivity index (χ2n) is 5.04. The lowest BCUT2D eigenvalue weighted by Crippen LogP contribution is -2.22. The summed E-state index contributed by atoms with van der Waals surface area (Å²) in [7, 11) is 3.09. The maximum Gasteiger partial charge on any atom is 0.243 e. The van der Waals surface area contributed by atoms with E-state index in [4.69, 9.17) is 21.1 Å². The van der Waals surface area contributed by atoms with Crippen molar-refractivity contribution in [2.45, 2.75) is 0 Å². The molecule has 3 rings (SSSR count). The fraction of sp³-hybridized carbons (Fsp3) is 0.188. The second-order valence-corrected chi connectivity index (χ2v) is 5.43. The van der Waals surface area contributed by atoms with E-state index in [1.807, 2.05) is 0 Å². The van der Waals surface area contributed by atoms with Crippen LogP contribution in [-0.4, -0.2) is 41.3 Å². The quantitative estimate of drug-likeness (QED) is 0.701. The molecule has 0 atom stereocenters. The molecule has 3 aromatic rings. The van der Waals surface area contributed by atoms with Gasteiger partial charge in [0, 0.05) is 11.8 Å². The highest BCUT2D eigenvalue weighted by Crippen LogP contribution is 2.29. The van der Waals surface area contributed by atoms with Gasteiger partial charge in [-0.15, -0.1) is 0 Å². The van der Waals surface area contributed by atoms with Crippen molar-refractivity contribution in [3.8, 4) is 11.5 Å². The van der Waals surface area contributed by atoms with Crippen LogP contribution in [0, 0.1) is 0 Å². The zero-order valence-corrected chi connectivity index (χ0v) is 14.4. The molecular weight excluding hydrogens is 346 g/mol. The first-order chi connectivity index (χ1) is 12.1. The fourth-order valence-corrected chi connectivity index (χ4v) is 2.40. The zero-order chi connectivity index (χ0) is 17.8. The van der Waals surface area contributed by atoms with E-state index in [9.17, 15) is 4.79 Å². The molecule has 2 heterocycles. The molecule has 0 aliphatic carbocycles. The minimum Gasteiger partial charge on any atom is -0.493 e. The number of rotatable bonds is 6. The van der Waals surface area contributed by atoms with Gasteiger partial charge in [0.15, 0.2) is 17.1 Å². The summed E-state index contributed by atoms with van der Waals surface area (Å²) >= 11 is 5.88. The molecule has 0 saturated carbocycles. The Hall–Kier alpha value is -3.00. The number of methoxy groups -OCH3 is 2. The molecule has 25 heavy (non-hydrogen) atoms. The Labute approximate surface area is 148 Å². The summed E-state index contributed by atoms with van der Waals surface area (Å²) in [6, 6.07) is 8.53. The minimum absolute atomic E-state index is 0.0380. The summed E-state index contributed by atoms with van der Waals surface area (Å²) in [4.78, 5) is 16.3. The third-order valence-electron chi connectivity index (χ3n) is 3.43. The number of hydrogen-bond donors (Lipinski definition) is 2. The van der Waals surface area contributed by atoms with Gasteiger partial charge >= 0.3 is 0 Å². The van der Waals surface area contributed by atoms with Gasteiger partial charge in [-0.3, -0.25) is 4.79 Å². The van der Waals surface area contributed by atoms with Gasteiger partial charge in [-0.05, 0) is 24.3 Å². The second kappa shape index (κ2) is 7.27. The molecular formula is C16H16ClN5O3. The highest BCUT2D eigenvalue weighted by molar-refractivity contribution is 6.29. The van der Waals surface area contributed by atoms with Crippen molar-refractivity contribution in [2.75, 3.05) is 31.4 Å². The summed E-state index contributed by atoms with van der Waals surface area (Å²) in [5.74, 6) is 1.46. The molecule has 8 nitrogen and oxygen atoms in total. The van der Waals surface area contributed by atoms with Crippen LogP contribution >= 0.6 is 11.6 Å². The number of aromatic nitrogens is 3. The molecule has 0 aliphatic heterocycles.